The van der Waals surface area contributed by atoms with Gasteiger partial charge in [0.2, 0.25) is 17.0 Å². The lowest BCUT2D eigenvalue weighted by atomic mass is 10.1. The molecule has 34 heavy (non-hydrogen) atoms. The van der Waals surface area contributed by atoms with Gasteiger partial charge in [0, 0.05) is 13.0 Å². The molecule has 1 N–H and O–H groups in total. The molecule has 0 radical (unpaired) electrons. The number of carbonyl (C=O) groups excluding carboxylic acids is 2. The molecule has 1 aromatic heterocycles. The molecule has 0 bridgehead atoms. The molecule has 1 aliphatic carbocycles. The number of para-hydroxylation sites is 2. The Labute approximate surface area is 198 Å². The molecule has 4 rings (SSSR count). The van der Waals surface area contributed by atoms with Crippen molar-refractivity contribution in [1.29, 1.82) is 0 Å². The Morgan fingerprint density at radius 1 is 1.12 bits per heavy atom. The number of amides is 2. The van der Waals surface area contributed by atoms with Gasteiger partial charge in [0.05, 0.1) is 29.2 Å². The monoisotopic (exact) mass is 489 g/mol. The molecule has 0 aliphatic heterocycles. The number of anilines is 1. The van der Waals surface area contributed by atoms with Crippen LogP contribution in [0.3, 0.4) is 0 Å². The Hall–Kier alpha value is -3.34. The van der Waals surface area contributed by atoms with Crippen LogP contribution in [0.25, 0.3) is 5.69 Å². The van der Waals surface area contributed by atoms with E-state index in [1.54, 1.807) is 4.68 Å². The van der Waals surface area contributed by atoms with E-state index < -0.39 is 17.6 Å². The molecule has 0 atom stereocenters. The molecule has 178 valence electrons. The first-order chi connectivity index (χ1) is 16.2. The predicted octanol–water partition coefficient (Wildman–Crippen LogP) is 4.35. The fraction of sp³-hybridized carbons (Fsp3) is 0.304. The number of hydrogen-bond donors (Lipinski definition) is 1. The summed E-state index contributed by atoms with van der Waals surface area (Å²) in [7, 11) is 1.42. The second-order valence-corrected chi connectivity index (χ2v) is 8.85. The summed E-state index contributed by atoms with van der Waals surface area (Å²) < 4.78 is 41.1. The standard InChI is InChI=1S/C23H22F3N5O2S/c1-30(13-19(32)27-18-10-6-5-9-17(18)23(24,25)26)20(33)14-34-22-28-21(15-11-12-15)31(29-22)16-7-3-2-4-8-16/h2-10,15H,11-14H2,1H3,(H,27,32). The van der Waals surface area contributed by atoms with Crippen molar-refractivity contribution in [2.45, 2.75) is 30.1 Å². The summed E-state index contributed by atoms with van der Waals surface area (Å²) in [4.78, 5) is 30.5. The molecular weight excluding hydrogens is 467 g/mol. The van der Waals surface area contributed by atoms with E-state index >= 15 is 0 Å². The third-order valence-corrected chi connectivity index (χ3v) is 6.02. The van der Waals surface area contributed by atoms with E-state index in [2.05, 4.69) is 15.4 Å². The summed E-state index contributed by atoms with van der Waals surface area (Å²) >= 11 is 1.15. The van der Waals surface area contributed by atoms with E-state index in [1.165, 1.54) is 25.2 Å². The highest BCUT2D eigenvalue weighted by Crippen LogP contribution is 2.40. The fourth-order valence-electron chi connectivity index (χ4n) is 3.30. The van der Waals surface area contributed by atoms with E-state index in [0.29, 0.717) is 11.1 Å². The molecule has 1 heterocycles. The Bertz CT molecular complexity index is 1180. The number of halogens is 3. The summed E-state index contributed by atoms with van der Waals surface area (Å²) in [6.45, 7) is -0.384. The zero-order valence-corrected chi connectivity index (χ0v) is 19.1. The molecule has 3 aromatic rings. The maximum atomic E-state index is 13.1. The van der Waals surface area contributed by atoms with Crippen LogP contribution < -0.4 is 5.32 Å². The maximum Gasteiger partial charge on any atom is 0.418 e. The third kappa shape index (κ3) is 5.77. The van der Waals surface area contributed by atoms with Crippen LogP contribution in [0.1, 0.15) is 30.1 Å². The molecule has 0 saturated heterocycles. The number of nitrogens with one attached hydrogen (secondary N) is 1. The quantitative estimate of drug-likeness (QED) is 0.476. The number of alkyl halides is 3. The van der Waals surface area contributed by atoms with Gasteiger partial charge in [-0.25, -0.2) is 9.67 Å². The summed E-state index contributed by atoms with van der Waals surface area (Å²) in [6.07, 6.45) is -2.51. The van der Waals surface area contributed by atoms with Crippen LogP contribution in [-0.2, 0) is 15.8 Å². The van der Waals surface area contributed by atoms with Crippen molar-refractivity contribution in [3.8, 4) is 5.69 Å². The highest BCUT2D eigenvalue weighted by Gasteiger charge is 2.34. The van der Waals surface area contributed by atoms with Gasteiger partial charge < -0.3 is 10.2 Å². The molecular formula is C23H22F3N5O2S. The Morgan fingerprint density at radius 3 is 2.47 bits per heavy atom. The number of likely N-dealkylation sites (N-methyl/N-ethyl adjacent to an activating group) is 1. The van der Waals surface area contributed by atoms with E-state index in [0.717, 1.165) is 47.1 Å². The van der Waals surface area contributed by atoms with E-state index in [9.17, 15) is 22.8 Å². The minimum absolute atomic E-state index is 0.00811. The lowest BCUT2D eigenvalue weighted by Crippen LogP contribution is -2.36. The summed E-state index contributed by atoms with van der Waals surface area (Å²) in [6, 6.07) is 14.3. The van der Waals surface area contributed by atoms with Gasteiger partial charge in [0.1, 0.15) is 5.82 Å². The van der Waals surface area contributed by atoms with Gasteiger partial charge in [-0.2, -0.15) is 13.2 Å². The van der Waals surface area contributed by atoms with Crippen LogP contribution in [0, 0.1) is 0 Å². The summed E-state index contributed by atoms with van der Waals surface area (Å²) in [5, 5.41) is 7.23. The van der Waals surface area contributed by atoms with E-state index in [1.807, 2.05) is 30.3 Å². The molecule has 2 amide bonds. The molecule has 0 unspecified atom stereocenters. The van der Waals surface area contributed by atoms with Crippen LogP contribution in [0.15, 0.2) is 59.8 Å². The lowest BCUT2D eigenvalue weighted by molar-refractivity contribution is -0.137. The largest absolute Gasteiger partial charge is 0.418 e. The number of nitrogens with zero attached hydrogens (tertiary/aromatic N) is 4. The van der Waals surface area contributed by atoms with Crippen molar-refractivity contribution < 1.29 is 22.8 Å². The molecule has 2 aromatic carbocycles. The van der Waals surface area contributed by atoms with Gasteiger partial charge in [-0.3, -0.25) is 9.59 Å². The second kappa shape index (κ2) is 9.88. The number of carbonyl (C=O) groups is 2. The van der Waals surface area contributed by atoms with Crippen molar-refractivity contribution in [2.75, 3.05) is 24.7 Å². The Balaban J connectivity index is 1.35. The maximum absolute atomic E-state index is 13.1. The number of benzene rings is 2. The first kappa shape index (κ1) is 23.8. The van der Waals surface area contributed by atoms with Crippen LogP contribution >= 0.6 is 11.8 Å². The van der Waals surface area contributed by atoms with Crippen LogP contribution in [0.2, 0.25) is 0 Å². The van der Waals surface area contributed by atoms with Gasteiger partial charge in [0.25, 0.3) is 0 Å². The Morgan fingerprint density at radius 2 is 1.79 bits per heavy atom. The smallest absolute Gasteiger partial charge is 0.336 e. The SMILES string of the molecule is CN(CC(=O)Nc1ccccc1C(F)(F)F)C(=O)CSc1nc(C2CC2)n(-c2ccccc2)n1. The molecule has 0 spiro atoms. The van der Waals surface area contributed by atoms with Gasteiger partial charge in [-0.05, 0) is 37.1 Å². The zero-order chi connectivity index (χ0) is 24.3. The number of rotatable bonds is 8. The number of aromatic nitrogens is 3. The van der Waals surface area contributed by atoms with Gasteiger partial charge in [-0.15, -0.1) is 5.10 Å². The molecule has 1 aliphatic rings. The van der Waals surface area contributed by atoms with Crippen molar-refractivity contribution in [3.05, 3.63) is 66.0 Å². The van der Waals surface area contributed by atoms with Gasteiger partial charge in [0.15, 0.2) is 0 Å². The first-order valence-corrected chi connectivity index (χ1v) is 11.6. The summed E-state index contributed by atoms with van der Waals surface area (Å²) in [5.74, 6) is 0.112. The zero-order valence-electron chi connectivity index (χ0n) is 18.2. The molecule has 11 heteroatoms. The van der Waals surface area contributed by atoms with E-state index in [-0.39, 0.29) is 23.9 Å². The van der Waals surface area contributed by atoms with Crippen LogP contribution in [-0.4, -0.2) is 50.8 Å². The highest BCUT2D eigenvalue weighted by atomic mass is 32.2. The average molecular weight is 490 g/mol. The second-order valence-electron chi connectivity index (χ2n) is 7.90. The first-order valence-electron chi connectivity index (χ1n) is 10.6. The number of hydrogen-bond acceptors (Lipinski definition) is 5. The molecule has 1 fully saturated rings. The van der Waals surface area contributed by atoms with E-state index in [4.69, 9.17) is 0 Å². The Kier molecular flexibility index (Phi) is 6.92. The van der Waals surface area contributed by atoms with Gasteiger partial charge >= 0.3 is 6.18 Å². The third-order valence-electron chi connectivity index (χ3n) is 5.19. The average Bonchev–Trinajstić information content (AvgIpc) is 3.56. The van der Waals surface area contributed by atoms with Crippen molar-refractivity contribution >= 4 is 29.3 Å². The normalized spacial score (nSPS) is 13.5. The summed E-state index contributed by atoms with van der Waals surface area (Å²) in [5.41, 5.74) is -0.402. The topological polar surface area (TPSA) is 80.1 Å². The van der Waals surface area contributed by atoms with Crippen molar-refractivity contribution in [1.82, 2.24) is 19.7 Å². The van der Waals surface area contributed by atoms with Crippen LogP contribution in [0.4, 0.5) is 18.9 Å². The minimum Gasteiger partial charge on any atom is -0.336 e. The predicted molar refractivity (Wildman–Crippen MR) is 122 cm³/mol. The van der Waals surface area contributed by atoms with Gasteiger partial charge in [-0.1, -0.05) is 42.1 Å². The minimum atomic E-state index is -4.60. The molecule has 1 saturated carbocycles. The lowest BCUT2D eigenvalue weighted by Gasteiger charge is -2.18. The number of thioether (sulfide) groups is 1. The fourth-order valence-corrected chi connectivity index (χ4v) is 4.07. The van der Waals surface area contributed by atoms with Crippen LogP contribution in [0.5, 0.6) is 0 Å². The van der Waals surface area contributed by atoms with Crippen molar-refractivity contribution in [3.63, 3.8) is 0 Å². The molecule has 7 nitrogen and oxygen atoms in total. The van der Waals surface area contributed by atoms with Crippen molar-refractivity contribution in [2.24, 2.45) is 0 Å². The highest BCUT2D eigenvalue weighted by molar-refractivity contribution is 7.99.